The van der Waals surface area contributed by atoms with E-state index >= 15 is 0 Å². The first-order valence-corrected chi connectivity index (χ1v) is 8.27. The predicted octanol–water partition coefficient (Wildman–Crippen LogP) is 3.47. The Morgan fingerprint density at radius 1 is 1.05 bits per heavy atom. The average molecular weight is 290 g/mol. The number of ether oxygens (including phenoxy) is 1. The van der Waals surface area contributed by atoms with Crippen molar-refractivity contribution in [3.8, 4) is 5.75 Å². The zero-order chi connectivity index (χ0) is 15.2. The molecule has 21 heavy (non-hydrogen) atoms. The standard InChI is InChI=1S/C18H30N2O/c1-14(2)13-18(20-11-9-19-10-12-20)16-5-7-17(8-6-16)21-15(3)4/h5-8,14-15,18-19H,9-13H2,1-4H3/t18-/m0/s1. The van der Waals surface area contributed by atoms with Crippen LogP contribution in [0.15, 0.2) is 24.3 Å². The molecular formula is C18H30N2O. The highest BCUT2D eigenvalue weighted by Crippen LogP contribution is 2.29. The number of piperazine rings is 1. The van der Waals surface area contributed by atoms with Crippen LogP contribution in [0.4, 0.5) is 0 Å². The van der Waals surface area contributed by atoms with Crippen LogP contribution < -0.4 is 10.1 Å². The molecule has 1 fully saturated rings. The van der Waals surface area contributed by atoms with Crippen LogP contribution >= 0.6 is 0 Å². The molecule has 0 bridgehead atoms. The van der Waals surface area contributed by atoms with Crippen molar-refractivity contribution in [3.05, 3.63) is 29.8 Å². The van der Waals surface area contributed by atoms with Crippen molar-refractivity contribution in [2.75, 3.05) is 26.2 Å². The van der Waals surface area contributed by atoms with Crippen LogP contribution in [0.3, 0.4) is 0 Å². The zero-order valence-electron chi connectivity index (χ0n) is 13.9. The lowest BCUT2D eigenvalue weighted by molar-refractivity contribution is 0.154. The fraction of sp³-hybridized carbons (Fsp3) is 0.667. The second-order valence-electron chi connectivity index (χ2n) is 6.67. The van der Waals surface area contributed by atoms with Gasteiger partial charge in [-0.25, -0.2) is 0 Å². The van der Waals surface area contributed by atoms with Crippen molar-refractivity contribution in [2.45, 2.75) is 46.3 Å². The first kappa shape index (κ1) is 16.3. The van der Waals surface area contributed by atoms with E-state index in [2.05, 4.69) is 62.2 Å². The summed E-state index contributed by atoms with van der Waals surface area (Å²) in [6.07, 6.45) is 1.44. The average Bonchev–Trinajstić information content (AvgIpc) is 2.46. The molecule has 1 heterocycles. The minimum Gasteiger partial charge on any atom is -0.491 e. The van der Waals surface area contributed by atoms with Gasteiger partial charge in [-0.05, 0) is 43.9 Å². The molecule has 1 aliphatic rings. The molecule has 1 atom stereocenters. The molecule has 0 aromatic heterocycles. The van der Waals surface area contributed by atoms with Gasteiger partial charge in [0.1, 0.15) is 5.75 Å². The summed E-state index contributed by atoms with van der Waals surface area (Å²) in [5, 5.41) is 3.44. The highest BCUT2D eigenvalue weighted by Gasteiger charge is 2.22. The first-order chi connectivity index (χ1) is 10.1. The topological polar surface area (TPSA) is 24.5 Å². The molecule has 1 N–H and O–H groups in total. The number of nitrogens with one attached hydrogen (secondary N) is 1. The van der Waals surface area contributed by atoms with E-state index in [1.165, 1.54) is 12.0 Å². The smallest absolute Gasteiger partial charge is 0.119 e. The lowest BCUT2D eigenvalue weighted by atomic mass is 9.95. The quantitative estimate of drug-likeness (QED) is 0.868. The highest BCUT2D eigenvalue weighted by atomic mass is 16.5. The third kappa shape index (κ3) is 5.01. The van der Waals surface area contributed by atoms with Gasteiger partial charge in [0, 0.05) is 32.2 Å². The largest absolute Gasteiger partial charge is 0.491 e. The Labute approximate surface area is 129 Å². The predicted molar refractivity (Wildman–Crippen MR) is 88.8 cm³/mol. The number of hydrogen-bond donors (Lipinski definition) is 1. The van der Waals surface area contributed by atoms with Gasteiger partial charge in [0.05, 0.1) is 6.10 Å². The van der Waals surface area contributed by atoms with Crippen LogP contribution in [-0.2, 0) is 0 Å². The van der Waals surface area contributed by atoms with E-state index in [9.17, 15) is 0 Å². The highest BCUT2D eigenvalue weighted by molar-refractivity contribution is 5.29. The van der Waals surface area contributed by atoms with Crippen LogP contribution in [-0.4, -0.2) is 37.2 Å². The summed E-state index contributed by atoms with van der Waals surface area (Å²) in [6, 6.07) is 9.25. The minimum absolute atomic E-state index is 0.232. The summed E-state index contributed by atoms with van der Waals surface area (Å²) in [6.45, 7) is 13.2. The molecule has 2 rings (SSSR count). The molecular weight excluding hydrogens is 260 g/mol. The van der Waals surface area contributed by atoms with Gasteiger partial charge in [-0.1, -0.05) is 26.0 Å². The second kappa shape index (κ2) is 7.81. The molecule has 0 radical (unpaired) electrons. The summed E-state index contributed by atoms with van der Waals surface area (Å²) in [5.74, 6) is 1.67. The minimum atomic E-state index is 0.232. The summed E-state index contributed by atoms with van der Waals surface area (Å²) in [7, 11) is 0. The van der Waals surface area contributed by atoms with Gasteiger partial charge in [0.15, 0.2) is 0 Å². The van der Waals surface area contributed by atoms with Gasteiger partial charge in [0.25, 0.3) is 0 Å². The van der Waals surface area contributed by atoms with Gasteiger partial charge in [-0.3, -0.25) is 4.90 Å². The molecule has 1 aromatic carbocycles. The van der Waals surface area contributed by atoms with Crippen LogP contribution in [0.2, 0.25) is 0 Å². The van der Waals surface area contributed by atoms with Gasteiger partial charge in [-0.2, -0.15) is 0 Å². The Morgan fingerprint density at radius 2 is 1.67 bits per heavy atom. The fourth-order valence-electron chi connectivity index (χ4n) is 2.98. The summed E-state index contributed by atoms with van der Waals surface area (Å²) in [4.78, 5) is 2.62. The molecule has 1 aromatic rings. The molecule has 0 unspecified atom stereocenters. The number of rotatable bonds is 6. The van der Waals surface area contributed by atoms with Crippen molar-refractivity contribution in [3.63, 3.8) is 0 Å². The lowest BCUT2D eigenvalue weighted by Gasteiger charge is -2.36. The Hall–Kier alpha value is -1.06. The van der Waals surface area contributed by atoms with E-state index in [0.29, 0.717) is 12.0 Å². The molecule has 0 amide bonds. The maximum Gasteiger partial charge on any atom is 0.119 e. The third-order valence-electron chi connectivity index (χ3n) is 3.92. The van der Waals surface area contributed by atoms with Crippen LogP contribution in [0, 0.1) is 5.92 Å². The van der Waals surface area contributed by atoms with E-state index in [1.807, 2.05) is 0 Å². The van der Waals surface area contributed by atoms with Crippen molar-refractivity contribution in [1.82, 2.24) is 10.2 Å². The number of benzene rings is 1. The first-order valence-electron chi connectivity index (χ1n) is 8.27. The third-order valence-corrected chi connectivity index (χ3v) is 3.92. The molecule has 1 aliphatic heterocycles. The Bertz CT molecular complexity index is 408. The van der Waals surface area contributed by atoms with E-state index in [-0.39, 0.29) is 6.10 Å². The normalized spacial score (nSPS) is 18.2. The Kier molecular flexibility index (Phi) is 6.07. The van der Waals surface area contributed by atoms with E-state index < -0.39 is 0 Å². The van der Waals surface area contributed by atoms with Crippen molar-refractivity contribution < 1.29 is 4.74 Å². The van der Waals surface area contributed by atoms with Gasteiger partial charge in [0.2, 0.25) is 0 Å². The van der Waals surface area contributed by atoms with E-state index in [1.54, 1.807) is 0 Å². The van der Waals surface area contributed by atoms with Crippen LogP contribution in [0.1, 0.15) is 45.7 Å². The summed E-state index contributed by atoms with van der Waals surface area (Å²) in [5.41, 5.74) is 1.42. The summed E-state index contributed by atoms with van der Waals surface area (Å²) >= 11 is 0. The number of nitrogens with zero attached hydrogens (tertiary/aromatic N) is 1. The van der Waals surface area contributed by atoms with Crippen molar-refractivity contribution >= 4 is 0 Å². The van der Waals surface area contributed by atoms with E-state index in [4.69, 9.17) is 4.74 Å². The molecule has 0 aliphatic carbocycles. The van der Waals surface area contributed by atoms with Crippen LogP contribution in [0.5, 0.6) is 5.75 Å². The second-order valence-corrected chi connectivity index (χ2v) is 6.67. The van der Waals surface area contributed by atoms with Gasteiger partial charge >= 0.3 is 0 Å². The fourth-order valence-corrected chi connectivity index (χ4v) is 2.98. The van der Waals surface area contributed by atoms with E-state index in [0.717, 1.165) is 31.9 Å². The molecule has 118 valence electrons. The molecule has 0 saturated carbocycles. The monoisotopic (exact) mass is 290 g/mol. The molecule has 0 spiro atoms. The van der Waals surface area contributed by atoms with Crippen LogP contribution in [0.25, 0.3) is 0 Å². The van der Waals surface area contributed by atoms with Crippen molar-refractivity contribution in [2.24, 2.45) is 5.92 Å². The molecule has 3 heteroatoms. The zero-order valence-corrected chi connectivity index (χ0v) is 13.9. The molecule has 1 saturated heterocycles. The maximum absolute atomic E-state index is 5.75. The van der Waals surface area contributed by atoms with Crippen molar-refractivity contribution in [1.29, 1.82) is 0 Å². The SMILES string of the molecule is CC(C)C[C@@H](c1ccc(OC(C)C)cc1)N1CCNCC1. The lowest BCUT2D eigenvalue weighted by Crippen LogP contribution is -2.45. The Morgan fingerprint density at radius 3 is 2.19 bits per heavy atom. The Balaban J connectivity index is 2.11. The number of hydrogen-bond acceptors (Lipinski definition) is 3. The summed E-state index contributed by atoms with van der Waals surface area (Å²) < 4.78 is 5.75. The maximum atomic E-state index is 5.75. The molecule has 3 nitrogen and oxygen atoms in total. The van der Waals surface area contributed by atoms with Gasteiger partial charge < -0.3 is 10.1 Å². The van der Waals surface area contributed by atoms with Gasteiger partial charge in [-0.15, -0.1) is 0 Å².